The van der Waals surface area contributed by atoms with Crippen LogP contribution in [0.2, 0.25) is 0 Å². The van der Waals surface area contributed by atoms with E-state index in [4.69, 9.17) is 0 Å². The molecule has 4 rings (SSSR count). The Morgan fingerprint density at radius 2 is 2.21 bits per heavy atom. The highest BCUT2D eigenvalue weighted by Crippen LogP contribution is 2.26. The summed E-state index contributed by atoms with van der Waals surface area (Å²) < 4.78 is 1.64. The molecule has 0 radical (unpaired) electrons. The predicted octanol–water partition coefficient (Wildman–Crippen LogP) is 1.35. The van der Waals surface area contributed by atoms with Gasteiger partial charge in [0.2, 0.25) is 11.8 Å². The lowest BCUT2D eigenvalue weighted by Gasteiger charge is -2.14. The number of aryl methyl sites for hydroxylation is 1. The average molecular weight is 381 g/mol. The number of imidazole rings is 1. The monoisotopic (exact) mass is 381 g/mol. The fourth-order valence-electron chi connectivity index (χ4n) is 3.47. The molecule has 1 aliphatic rings. The summed E-state index contributed by atoms with van der Waals surface area (Å²) in [6, 6.07) is 5.51. The Hall–Kier alpha value is -3.20. The first-order chi connectivity index (χ1) is 13.4. The lowest BCUT2D eigenvalue weighted by molar-refractivity contribution is -0.129. The van der Waals surface area contributed by atoms with Crippen LogP contribution in [0.15, 0.2) is 30.6 Å². The maximum absolute atomic E-state index is 12.7. The second-order valence-electron chi connectivity index (χ2n) is 7.35. The van der Waals surface area contributed by atoms with E-state index in [1.807, 2.05) is 31.1 Å². The van der Waals surface area contributed by atoms with E-state index in [2.05, 4.69) is 20.4 Å². The van der Waals surface area contributed by atoms with Crippen LogP contribution in [0, 0.1) is 5.92 Å². The number of carbonyl (C=O) groups is 2. The van der Waals surface area contributed by atoms with Gasteiger partial charge in [-0.05, 0) is 38.7 Å². The highest BCUT2D eigenvalue weighted by molar-refractivity contribution is 6.13. The summed E-state index contributed by atoms with van der Waals surface area (Å²) in [5.41, 5.74) is 3.05. The number of hydrogen-bond donors (Lipinski definition) is 2. The smallest absolute Gasteiger partial charge is 0.239 e. The lowest BCUT2D eigenvalue weighted by atomic mass is 10.1. The maximum atomic E-state index is 12.7. The van der Waals surface area contributed by atoms with Gasteiger partial charge in [-0.3, -0.25) is 14.3 Å². The Balaban J connectivity index is 1.46. The van der Waals surface area contributed by atoms with Gasteiger partial charge in [0.25, 0.3) is 0 Å². The van der Waals surface area contributed by atoms with Crippen molar-refractivity contribution in [1.29, 1.82) is 0 Å². The van der Waals surface area contributed by atoms with Crippen LogP contribution in [0.5, 0.6) is 0 Å². The molecular weight excluding hydrogens is 358 g/mol. The molecule has 28 heavy (non-hydrogen) atoms. The maximum Gasteiger partial charge on any atom is 0.239 e. The summed E-state index contributed by atoms with van der Waals surface area (Å²) in [5, 5.41) is 6.96. The van der Waals surface area contributed by atoms with Gasteiger partial charge in [0, 0.05) is 25.5 Å². The molecule has 2 amide bonds. The van der Waals surface area contributed by atoms with Crippen molar-refractivity contribution in [1.82, 2.24) is 24.6 Å². The SMILES string of the molecule is CN(C)Cc1nc2ccc(NC(=O)C3CCN(c4cnn(C)c4)C3=O)cc2[nH]1. The molecule has 0 saturated carbocycles. The number of nitrogens with one attached hydrogen (secondary N) is 2. The van der Waals surface area contributed by atoms with Crippen molar-refractivity contribution in [3.63, 3.8) is 0 Å². The molecule has 1 atom stereocenters. The van der Waals surface area contributed by atoms with Gasteiger partial charge < -0.3 is 20.1 Å². The molecule has 1 aliphatic heterocycles. The largest absolute Gasteiger partial charge is 0.341 e. The molecule has 1 saturated heterocycles. The third kappa shape index (κ3) is 3.48. The number of nitrogens with zero attached hydrogens (tertiary/aromatic N) is 5. The van der Waals surface area contributed by atoms with E-state index in [0.717, 1.165) is 22.5 Å². The van der Waals surface area contributed by atoms with E-state index < -0.39 is 5.92 Å². The Labute approximate surface area is 162 Å². The van der Waals surface area contributed by atoms with E-state index in [9.17, 15) is 9.59 Å². The molecule has 3 aromatic rings. The minimum atomic E-state index is -0.693. The zero-order valence-corrected chi connectivity index (χ0v) is 16.1. The number of rotatable bonds is 5. The fourth-order valence-corrected chi connectivity index (χ4v) is 3.47. The number of aromatic amines is 1. The quantitative estimate of drug-likeness (QED) is 0.650. The van der Waals surface area contributed by atoms with Crippen LogP contribution in [0.3, 0.4) is 0 Å². The molecule has 3 heterocycles. The first kappa shape index (κ1) is 18.2. The van der Waals surface area contributed by atoms with Gasteiger partial charge in [0.1, 0.15) is 11.7 Å². The molecule has 1 unspecified atom stereocenters. The van der Waals surface area contributed by atoms with Crippen molar-refractivity contribution in [2.24, 2.45) is 13.0 Å². The summed E-state index contributed by atoms with van der Waals surface area (Å²) in [6.07, 6.45) is 3.89. The van der Waals surface area contributed by atoms with Crippen molar-refractivity contribution >= 4 is 34.2 Å². The van der Waals surface area contributed by atoms with Gasteiger partial charge >= 0.3 is 0 Å². The number of benzene rings is 1. The molecule has 9 heteroatoms. The Morgan fingerprint density at radius 1 is 1.39 bits per heavy atom. The molecular formula is C19H23N7O2. The van der Waals surface area contributed by atoms with Gasteiger partial charge in [-0.1, -0.05) is 0 Å². The molecule has 0 aliphatic carbocycles. The minimum Gasteiger partial charge on any atom is -0.341 e. The number of hydrogen-bond acceptors (Lipinski definition) is 5. The van der Waals surface area contributed by atoms with Crippen molar-refractivity contribution < 1.29 is 9.59 Å². The van der Waals surface area contributed by atoms with Gasteiger partial charge in [-0.25, -0.2) is 4.98 Å². The van der Waals surface area contributed by atoms with Gasteiger partial charge in [0.15, 0.2) is 0 Å². The van der Waals surface area contributed by atoms with E-state index in [-0.39, 0.29) is 11.8 Å². The minimum absolute atomic E-state index is 0.193. The third-order valence-electron chi connectivity index (χ3n) is 4.79. The van der Waals surface area contributed by atoms with E-state index in [1.54, 1.807) is 35.1 Å². The van der Waals surface area contributed by atoms with Crippen LogP contribution in [-0.4, -0.2) is 57.1 Å². The van der Waals surface area contributed by atoms with Gasteiger partial charge in [0.05, 0.1) is 29.5 Å². The zero-order valence-electron chi connectivity index (χ0n) is 16.1. The Kier molecular flexibility index (Phi) is 4.60. The Bertz CT molecular complexity index is 1040. The van der Waals surface area contributed by atoms with E-state index >= 15 is 0 Å². The zero-order chi connectivity index (χ0) is 19.8. The number of carbonyl (C=O) groups excluding carboxylic acids is 2. The average Bonchev–Trinajstić information content (AvgIpc) is 3.32. The van der Waals surface area contributed by atoms with Crippen molar-refractivity contribution in [3.05, 3.63) is 36.4 Å². The molecule has 1 aromatic carbocycles. The number of amides is 2. The highest BCUT2D eigenvalue weighted by Gasteiger charge is 2.38. The number of aromatic nitrogens is 4. The summed E-state index contributed by atoms with van der Waals surface area (Å²) in [4.78, 5) is 36.8. The molecule has 2 N–H and O–H groups in total. The second kappa shape index (κ2) is 7.08. The molecule has 0 bridgehead atoms. The van der Waals surface area contributed by atoms with Gasteiger partial charge in [-0.15, -0.1) is 0 Å². The van der Waals surface area contributed by atoms with Crippen LogP contribution in [0.1, 0.15) is 12.2 Å². The van der Waals surface area contributed by atoms with Crippen LogP contribution >= 0.6 is 0 Å². The number of H-pyrrole nitrogens is 1. The fraction of sp³-hybridized carbons (Fsp3) is 0.368. The molecule has 0 spiro atoms. The van der Waals surface area contributed by atoms with Crippen molar-refractivity contribution in [2.45, 2.75) is 13.0 Å². The molecule has 2 aromatic heterocycles. The first-order valence-electron chi connectivity index (χ1n) is 9.15. The highest BCUT2D eigenvalue weighted by atomic mass is 16.2. The van der Waals surface area contributed by atoms with Crippen LogP contribution < -0.4 is 10.2 Å². The molecule has 1 fully saturated rings. The number of anilines is 2. The summed E-state index contributed by atoms with van der Waals surface area (Å²) in [6.45, 7) is 1.22. The topological polar surface area (TPSA) is 99.2 Å². The summed E-state index contributed by atoms with van der Waals surface area (Å²) in [7, 11) is 5.75. The second-order valence-corrected chi connectivity index (χ2v) is 7.35. The first-order valence-corrected chi connectivity index (χ1v) is 9.15. The van der Waals surface area contributed by atoms with Crippen LogP contribution in [0.4, 0.5) is 11.4 Å². The molecule has 9 nitrogen and oxygen atoms in total. The Morgan fingerprint density at radius 3 is 2.93 bits per heavy atom. The molecule has 146 valence electrons. The van der Waals surface area contributed by atoms with E-state index in [1.165, 1.54) is 0 Å². The predicted molar refractivity (Wildman–Crippen MR) is 106 cm³/mol. The lowest BCUT2D eigenvalue weighted by Crippen LogP contribution is -2.32. The summed E-state index contributed by atoms with van der Waals surface area (Å²) >= 11 is 0. The number of fused-ring (bicyclic) bond motifs is 1. The summed E-state index contributed by atoms with van der Waals surface area (Å²) in [5.74, 6) is -0.311. The standard InChI is InChI=1S/C19H23N7O2/c1-24(2)11-17-22-15-5-4-12(8-16(15)23-17)21-18(27)14-6-7-26(19(14)28)13-9-20-25(3)10-13/h4-5,8-10,14H,6-7,11H2,1-3H3,(H,21,27)(H,22,23). The van der Waals surface area contributed by atoms with E-state index in [0.29, 0.717) is 25.2 Å². The normalized spacial score (nSPS) is 17.1. The van der Waals surface area contributed by atoms with Crippen molar-refractivity contribution in [3.8, 4) is 0 Å². The van der Waals surface area contributed by atoms with Crippen molar-refractivity contribution in [2.75, 3.05) is 30.9 Å². The third-order valence-corrected chi connectivity index (χ3v) is 4.79. The van der Waals surface area contributed by atoms with Crippen LogP contribution in [-0.2, 0) is 23.2 Å². The van der Waals surface area contributed by atoms with Gasteiger partial charge in [-0.2, -0.15) is 5.10 Å². The van der Waals surface area contributed by atoms with Crippen LogP contribution in [0.25, 0.3) is 11.0 Å².